The van der Waals surface area contributed by atoms with Crippen LogP contribution in [0.15, 0.2) is 182 Å². The third-order valence-corrected chi connectivity index (χ3v) is 9.88. The van der Waals surface area contributed by atoms with E-state index in [-0.39, 0.29) is 21.7 Å². The SMILES string of the molecule is Cc1cc2c(-c3ccccc3)cccc2[cH-]1.Cc1cc2c(-c3ccccc3)cccc2[cH-]1.[CH2-]CCC.[SiH2]=C(CC[CH-]c1ccccc1)c1ccccc1.[Ti+4]. The number of rotatable bonds is 8. The van der Waals surface area contributed by atoms with Crippen molar-refractivity contribution in [1.82, 2.24) is 0 Å². The van der Waals surface area contributed by atoms with Gasteiger partial charge in [0.2, 0.25) is 0 Å². The molecule has 268 valence electrons. The number of fused-ring (bicyclic) bond motifs is 2. The van der Waals surface area contributed by atoms with Gasteiger partial charge in [0.1, 0.15) is 0 Å². The van der Waals surface area contributed by atoms with Crippen LogP contribution in [0.2, 0.25) is 0 Å². The molecule has 0 unspecified atom stereocenters. The molecule has 2 heteroatoms. The summed E-state index contributed by atoms with van der Waals surface area (Å²) in [5.41, 5.74) is 10.6. The van der Waals surface area contributed by atoms with Crippen LogP contribution in [-0.4, -0.2) is 15.0 Å². The van der Waals surface area contributed by atoms with E-state index in [0.29, 0.717) is 0 Å². The Labute approximate surface area is 342 Å². The van der Waals surface area contributed by atoms with Crippen LogP contribution in [0, 0.1) is 27.2 Å². The van der Waals surface area contributed by atoms with E-state index in [1.54, 1.807) is 0 Å². The molecule has 0 saturated carbocycles. The van der Waals surface area contributed by atoms with E-state index in [0.717, 1.165) is 19.3 Å². The first kappa shape index (κ1) is 42.0. The molecular formula is C52H52SiTi. The minimum Gasteiger partial charge on any atom is -0.343 e. The predicted octanol–water partition coefficient (Wildman–Crippen LogP) is 13.6. The molecule has 0 nitrogen and oxygen atoms in total. The smallest absolute Gasteiger partial charge is 0.343 e. The van der Waals surface area contributed by atoms with Crippen LogP contribution in [0.25, 0.3) is 43.8 Å². The van der Waals surface area contributed by atoms with Crippen LogP contribution >= 0.6 is 0 Å². The van der Waals surface area contributed by atoms with E-state index in [9.17, 15) is 0 Å². The third kappa shape index (κ3) is 12.4. The van der Waals surface area contributed by atoms with Gasteiger partial charge < -0.3 is 6.92 Å². The molecule has 0 heterocycles. The number of benzene rings is 6. The van der Waals surface area contributed by atoms with Gasteiger partial charge >= 0.3 is 21.7 Å². The maximum Gasteiger partial charge on any atom is 4.00 e. The first-order valence-electron chi connectivity index (χ1n) is 18.8. The van der Waals surface area contributed by atoms with E-state index in [1.165, 1.54) is 77.6 Å². The fraction of sp³-hybridized carbons (Fsp3) is 0.135. The van der Waals surface area contributed by atoms with Crippen molar-refractivity contribution < 1.29 is 21.7 Å². The molecule has 0 aliphatic carbocycles. The Kier molecular flexibility index (Phi) is 17.4. The normalized spacial score (nSPS) is 10.1. The molecule has 0 aromatic heterocycles. The third-order valence-electron chi connectivity index (χ3n) is 9.12. The fourth-order valence-electron chi connectivity index (χ4n) is 6.33. The van der Waals surface area contributed by atoms with Gasteiger partial charge in [-0.2, -0.15) is 42.7 Å². The molecule has 8 aromatic carbocycles. The number of unbranched alkanes of at least 4 members (excludes halogenated alkanes) is 1. The molecular weight excluding hydrogens is 701 g/mol. The summed E-state index contributed by atoms with van der Waals surface area (Å²) in [4.78, 5) is 0. The first-order chi connectivity index (χ1) is 26.0. The van der Waals surface area contributed by atoms with Crippen molar-refractivity contribution in [2.45, 2.75) is 46.5 Å². The van der Waals surface area contributed by atoms with Crippen molar-refractivity contribution in [2.75, 3.05) is 0 Å². The van der Waals surface area contributed by atoms with Gasteiger partial charge in [-0.1, -0.05) is 159 Å². The van der Waals surface area contributed by atoms with Crippen LogP contribution in [0.5, 0.6) is 0 Å². The first-order valence-corrected chi connectivity index (χ1v) is 19.5. The molecule has 0 radical (unpaired) electrons. The van der Waals surface area contributed by atoms with Gasteiger partial charge in [-0.25, -0.2) is 0 Å². The van der Waals surface area contributed by atoms with Crippen molar-refractivity contribution in [3.63, 3.8) is 0 Å². The Morgan fingerprint density at radius 1 is 0.574 bits per heavy atom. The average molecular weight is 753 g/mol. The Morgan fingerprint density at radius 2 is 0.981 bits per heavy atom. The number of hydrogen-bond donors (Lipinski definition) is 0. The predicted molar refractivity (Wildman–Crippen MR) is 238 cm³/mol. The van der Waals surface area contributed by atoms with Crippen molar-refractivity contribution in [3.8, 4) is 22.3 Å². The molecule has 0 bridgehead atoms. The largest absolute Gasteiger partial charge is 4.00 e. The molecule has 0 N–H and O–H groups in total. The summed E-state index contributed by atoms with van der Waals surface area (Å²) in [6, 6.07) is 64.3. The quantitative estimate of drug-likeness (QED) is 0.107. The van der Waals surface area contributed by atoms with Crippen LogP contribution in [-0.2, 0) is 21.7 Å². The summed E-state index contributed by atoms with van der Waals surface area (Å²) in [5.74, 6) is 0. The van der Waals surface area contributed by atoms with E-state index < -0.39 is 0 Å². The van der Waals surface area contributed by atoms with E-state index in [4.69, 9.17) is 0 Å². The van der Waals surface area contributed by atoms with Crippen LogP contribution in [0.3, 0.4) is 0 Å². The summed E-state index contributed by atoms with van der Waals surface area (Å²) in [5, 5.41) is 6.85. The van der Waals surface area contributed by atoms with Crippen molar-refractivity contribution >= 4 is 36.6 Å². The zero-order valence-electron chi connectivity index (χ0n) is 32.1. The maximum absolute atomic E-state index is 3.60. The molecule has 0 spiro atoms. The summed E-state index contributed by atoms with van der Waals surface area (Å²) in [7, 11) is 2.00. The fourth-order valence-corrected chi connectivity index (χ4v) is 6.77. The average Bonchev–Trinajstić information content (AvgIpc) is 3.80. The van der Waals surface area contributed by atoms with Gasteiger partial charge in [0, 0.05) is 0 Å². The van der Waals surface area contributed by atoms with Gasteiger partial charge in [-0.05, 0) is 33.0 Å². The summed E-state index contributed by atoms with van der Waals surface area (Å²) < 4.78 is 0. The zero-order valence-corrected chi connectivity index (χ0v) is 35.1. The molecule has 8 aromatic rings. The number of aryl methyl sites for hydroxylation is 2. The monoisotopic (exact) mass is 752 g/mol. The topological polar surface area (TPSA) is 0 Å². The molecule has 8 rings (SSSR count). The molecule has 0 atom stereocenters. The van der Waals surface area contributed by atoms with Crippen molar-refractivity contribution in [3.05, 3.63) is 218 Å². The molecule has 0 aliphatic rings. The second-order valence-electron chi connectivity index (χ2n) is 13.4. The maximum atomic E-state index is 3.60. The van der Waals surface area contributed by atoms with Crippen LogP contribution in [0.1, 0.15) is 54.9 Å². The number of hydrogen-bond acceptors (Lipinski definition) is 0. The minimum absolute atomic E-state index is 0. The summed E-state index contributed by atoms with van der Waals surface area (Å²) in [6.45, 7) is 10.0. The van der Waals surface area contributed by atoms with Gasteiger partial charge in [0.05, 0.1) is 0 Å². The van der Waals surface area contributed by atoms with E-state index in [2.05, 4.69) is 216 Å². The van der Waals surface area contributed by atoms with Gasteiger partial charge in [0.15, 0.2) is 0 Å². The second kappa shape index (κ2) is 22.4. The second-order valence-corrected chi connectivity index (χ2v) is 14.2. The van der Waals surface area contributed by atoms with Gasteiger partial charge in [-0.15, -0.1) is 81.2 Å². The van der Waals surface area contributed by atoms with Crippen molar-refractivity contribution in [2.24, 2.45) is 0 Å². The minimum atomic E-state index is 0. The summed E-state index contributed by atoms with van der Waals surface area (Å²) in [6.07, 6.45) is 6.83. The Balaban J connectivity index is 0.000000170. The van der Waals surface area contributed by atoms with Crippen molar-refractivity contribution in [1.29, 1.82) is 0 Å². The van der Waals surface area contributed by atoms with E-state index >= 15 is 0 Å². The van der Waals surface area contributed by atoms with Gasteiger partial charge in [0.25, 0.3) is 0 Å². The summed E-state index contributed by atoms with van der Waals surface area (Å²) >= 11 is 0. The van der Waals surface area contributed by atoms with Crippen LogP contribution < -0.4 is 0 Å². The molecule has 0 aliphatic heterocycles. The standard InChI is InChI=1S/C16H17Si.2C16H13.C4H9.Ti/c17-16(15-11-5-2-6-12-15)13-7-10-14-8-3-1-4-9-14;2*1-12-10-14-8-5-9-15(16(14)11-12)13-6-3-2-4-7-13;1-3-4-2;/h1-6,8-12H,7,13,17H2;2*2-11H,1H3;1,3-4H2,2H3;/q4*-1;+4. The Bertz CT molecular complexity index is 2130. The van der Waals surface area contributed by atoms with Crippen LogP contribution in [0.4, 0.5) is 0 Å². The van der Waals surface area contributed by atoms with E-state index in [1.807, 2.05) is 9.85 Å². The molecule has 0 saturated heterocycles. The Morgan fingerprint density at radius 3 is 1.41 bits per heavy atom. The molecule has 0 fully saturated rings. The Hall–Kier alpha value is -4.79. The van der Waals surface area contributed by atoms with Gasteiger partial charge in [-0.3, -0.25) is 0 Å². The zero-order chi connectivity index (χ0) is 37.3. The molecule has 54 heavy (non-hydrogen) atoms. The molecule has 0 amide bonds.